The maximum atomic E-state index is 14.9. The van der Waals surface area contributed by atoms with Gasteiger partial charge in [0.05, 0.1) is 23.2 Å². The molecule has 1 unspecified atom stereocenters. The van der Waals surface area contributed by atoms with Crippen LogP contribution in [0, 0.1) is 5.82 Å². The first-order valence-electron chi connectivity index (χ1n) is 13.5. The average molecular weight is 595 g/mol. The largest absolute Gasteiger partial charge is 0.454 e. The number of hydrogen-bond donors (Lipinski definition) is 0. The van der Waals surface area contributed by atoms with Crippen molar-refractivity contribution in [3.63, 3.8) is 0 Å². The van der Waals surface area contributed by atoms with Crippen molar-refractivity contribution in [1.82, 2.24) is 4.90 Å². The first-order valence-corrected chi connectivity index (χ1v) is 13.9. The van der Waals surface area contributed by atoms with E-state index in [1.54, 1.807) is 59.5 Å². The molecule has 4 heterocycles. The highest BCUT2D eigenvalue weighted by Gasteiger charge is 2.65. The smallest absolute Gasteiger partial charge is 0.291 e. The number of ether oxygens (including phenoxy) is 2. The summed E-state index contributed by atoms with van der Waals surface area (Å²) in [6.07, 6.45) is 0. The highest BCUT2D eigenvalue weighted by Crippen LogP contribution is 2.53. The predicted molar refractivity (Wildman–Crippen MR) is 155 cm³/mol. The fourth-order valence-electron chi connectivity index (χ4n) is 6.34. The summed E-state index contributed by atoms with van der Waals surface area (Å²) >= 11 is 6.10. The summed E-state index contributed by atoms with van der Waals surface area (Å²) in [5, 5.41) is 0.493. The van der Waals surface area contributed by atoms with Crippen LogP contribution in [0.25, 0.3) is 11.0 Å². The van der Waals surface area contributed by atoms with Crippen LogP contribution < -0.4 is 19.8 Å². The van der Waals surface area contributed by atoms with Crippen molar-refractivity contribution in [2.45, 2.75) is 18.6 Å². The molecule has 10 heteroatoms. The molecule has 0 N–H and O–H groups in total. The first kappa shape index (κ1) is 25.6. The SMILES string of the molecule is O=C1c2oc3ccc(F)cc3c(=O)c2C2(C(=O)N(Cc3ccc(Cl)cc3)c3ccccc32)N1Cc1ccc2c(c1)OCO2. The van der Waals surface area contributed by atoms with Crippen molar-refractivity contribution >= 4 is 40.1 Å². The maximum Gasteiger partial charge on any atom is 0.291 e. The highest BCUT2D eigenvalue weighted by atomic mass is 35.5. The van der Waals surface area contributed by atoms with Gasteiger partial charge in [0.25, 0.3) is 11.8 Å². The number of fused-ring (bicyclic) bond motifs is 6. The first-order chi connectivity index (χ1) is 20.9. The Morgan fingerprint density at radius 2 is 1.60 bits per heavy atom. The van der Waals surface area contributed by atoms with Crippen molar-refractivity contribution in [3.05, 3.63) is 134 Å². The van der Waals surface area contributed by atoms with E-state index in [1.165, 1.54) is 11.0 Å². The van der Waals surface area contributed by atoms with Gasteiger partial charge < -0.3 is 23.7 Å². The van der Waals surface area contributed by atoms with Crippen LogP contribution >= 0.6 is 11.6 Å². The molecule has 212 valence electrons. The second-order valence-corrected chi connectivity index (χ2v) is 11.0. The Bertz CT molecular complexity index is 2080. The fourth-order valence-corrected chi connectivity index (χ4v) is 6.46. The van der Waals surface area contributed by atoms with Crippen LogP contribution in [0.15, 0.2) is 94.1 Å². The van der Waals surface area contributed by atoms with Crippen LogP contribution in [-0.4, -0.2) is 23.5 Å². The molecule has 3 aliphatic rings. The van der Waals surface area contributed by atoms with Gasteiger partial charge in [0, 0.05) is 17.1 Å². The molecule has 0 aliphatic carbocycles. The molecule has 1 aromatic heterocycles. The summed E-state index contributed by atoms with van der Waals surface area (Å²) in [5.74, 6) is -0.948. The number of carbonyl (C=O) groups is 2. The van der Waals surface area contributed by atoms with Gasteiger partial charge in [-0.3, -0.25) is 14.4 Å². The quantitative estimate of drug-likeness (QED) is 0.263. The Kier molecular flexibility index (Phi) is 5.45. The number of rotatable bonds is 4. The zero-order valence-corrected chi connectivity index (χ0v) is 23.1. The molecule has 0 saturated heterocycles. The van der Waals surface area contributed by atoms with E-state index in [0.29, 0.717) is 33.3 Å². The van der Waals surface area contributed by atoms with Crippen LogP contribution in [-0.2, 0) is 23.4 Å². The van der Waals surface area contributed by atoms with Crippen LogP contribution in [0.1, 0.15) is 32.8 Å². The summed E-state index contributed by atoms with van der Waals surface area (Å²) in [6, 6.07) is 22.9. The monoisotopic (exact) mass is 594 g/mol. The Labute approximate surface area is 248 Å². The van der Waals surface area contributed by atoms with Crippen LogP contribution in [0.2, 0.25) is 5.02 Å². The molecule has 0 fully saturated rings. The third kappa shape index (κ3) is 3.58. The number of nitrogens with zero attached hydrogens (tertiary/aromatic N) is 2. The lowest BCUT2D eigenvalue weighted by Gasteiger charge is -2.34. The molecule has 2 amide bonds. The van der Waals surface area contributed by atoms with E-state index in [2.05, 4.69) is 0 Å². The van der Waals surface area contributed by atoms with E-state index in [0.717, 1.165) is 17.7 Å². The number of hydrogen-bond acceptors (Lipinski definition) is 6. The van der Waals surface area contributed by atoms with Crippen LogP contribution in [0.5, 0.6) is 11.5 Å². The zero-order chi connectivity index (χ0) is 29.5. The Balaban J connectivity index is 1.38. The van der Waals surface area contributed by atoms with Gasteiger partial charge in [-0.25, -0.2) is 4.39 Å². The third-order valence-electron chi connectivity index (χ3n) is 8.23. The molecule has 0 bridgehead atoms. The Morgan fingerprint density at radius 1 is 0.837 bits per heavy atom. The number of para-hydroxylation sites is 1. The summed E-state index contributed by atoms with van der Waals surface area (Å²) in [6.45, 7) is 0.173. The molecule has 4 aromatic carbocycles. The van der Waals surface area contributed by atoms with Crippen molar-refractivity contribution in [1.29, 1.82) is 0 Å². The van der Waals surface area contributed by atoms with Gasteiger partial charge >= 0.3 is 0 Å². The number of anilines is 1. The number of carbonyl (C=O) groups excluding carboxylic acids is 2. The minimum Gasteiger partial charge on any atom is -0.454 e. The summed E-state index contributed by atoms with van der Waals surface area (Å²) in [5.41, 5.74) is -0.162. The van der Waals surface area contributed by atoms with Gasteiger partial charge in [-0.15, -0.1) is 0 Å². The number of amides is 2. The third-order valence-corrected chi connectivity index (χ3v) is 8.48. The Hall–Kier alpha value is -5.15. The number of halogens is 2. The van der Waals surface area contributed by atoms with E-state index >= 15 is 0 Å². The molecular formula is C33H20ClFN2O6. The van der Waals surface area contributed by atoms with E-state index in [4.69, 9.17) is 25.5 Å². The lowest BCUT2D eigenvalue weighted by molar-refractivity contribution is -0.126. The molecule has 0 saturated carbocycles. The second-order valence-electron chi connectivity index (χ2n) is 10.6. The van der Waals surface area contributed by atoms with E-state index in [-0.39, 0.29) is 42.2 Å². The topological polar surface area (TPSA) is 89.3 Å². The molecule has 8 rings (SSSR count). The number of benzene rings is 4. The van der Waals surface area contributed by atoms with E-state index < -0.39 is 28.6 Å². The van der Waals surface area contributed by atoms with Gasteiger partial charge in [-0.2, -0.15) is 0 Å². The molecule has 5 aromatic rings. The van der Waals surface area contributed by atoms with Crippen LogP contribution in [0.4, 0.5) is 10.1 Å². The second kappa shape index (κ2) is 9.17. The van der Waals surface area contributed by atoms with Crippen LogP contribution in [0.3, 0.4) is 0 Å². The van der Waals surface area contributed by atoms with E-state index in [1.807, 2.05) is 12.1 Å². The molecule has 1 atom stereocenters. The van der Waals surface area contributed by atoms with Gasteiger partial charge in [-0.1, -0.05) is 48.0 Å². The van der Waals surface area contributed by atoms with Gasteiger partial charge in [0.15, 0.2) is 22.5 Å². The van der Waals surface area contributed by atoms with Gasteiger partial charge in [-0.05, 0) is 59.7 Å². The van der Waals surface area contributed by atoms with E-state index in [9.17, 15) is 18.8 Å². The van der Waals surface area contributed by atoms with Crippen molar-refractivity contribution in [2.75, 3.05) is 11.7 Å². The minimum atomic E-state index is -1.87. The minimum absolute atomic E-state index is 0.0512. The van der Waals surface area contributed by atoms with Crippen molar-refractivity contribution < 1.29 is 27.9 Å². The maximum absolute atomic E-state index is 14.9. The standard InChI is InChI=1S/C33H20ClFN2O6/c34-20-8-5-18(6-9-20)15-36-24-4-2-1-3-23(24)33(32(36)40)28-29(38)22-14-21(35)10-12-25(22)43-30(28)31(39)37(33)16-19-7-11-26-27(13-19)42-17-41-26/h1-14H,15-17H2. The van der Waals surface area contributed by atoms with Gasteiger partial charge in [0.2, 0.25) is 12.6 Å². The highest BCUT2D eigenvalue weighted by molar-refractivity contribution is 6.30. The summed E-state index contributed by atoms with van der Waals surface area (Å²) < 4.78 is 31.4. The summed E-state index contributed by atoms with van der Waals surface area (Å²) in [7, 11) is 0. The molecular weight excluding hydrogens is 575 g/mol. The average Bonchev–Trinajstić information content (AvgIpc) is 3.65. The van der Waals surface area contributed by atoms with Gasteiger partial charge in [0.1, 0.15) is 11.4 Å². The lowest BCUT2D eigenvalue weighted by atomic mass is 9.83. The molecule has 43 heavy (non-hydrogen) atoms. The Morgan fingerprint density at radius 3 is 2.44 bits per heavy atom. The van der Waals surface area contributed by atoms with Crippen molar-refractivity contribution in [2.24, 2.45) is 0 Å². The zero-order valence-electron chi connectivity index (χ0n) is 22.3. The predicted octanol–water partition coefficient (Wildman–Crippen LogP) is 5.76. The summed E-state index contributed by atoms with van der Waals surface area (Å²) in [4.78, 5) is 46.4. The molecule has 8 nitrogen and oxygen atoms in total. The molecule has 1 spiro atoms. The molecule has 3 aliphatic heterocycles. The fraction of sp³-hybridized carbons (Fsp3) is 0.121. The molecule has 0 radical (unpaired) electrons. The normalized spacial score (nSPS) is 18.2. The van der Waals surface area contributed by atoms with Crippen molar-refractivity contribution in [3.8, 4) is 11.5 Å². The lowest BCUT2D eigenvalue weighted by Crippen LogP contribution is -2.52.